The van der Waals surface area contributed by atoms with Gasteiger partial charge in [0.1, 0.15) is 12.3 Å². The van der Waals surface area contributed by atoms with Crippen LogP contribution in [0, 0.1) is 9.49 Å². The average molecular weight is 428 g/mol. The van der Waals surface area contributed by atoms with Gasteiger partial charge in [0.05, 0.1) is 23.2 Å². The van der Waals surface area contributed by atoms with E-state index < -0.39 is 0 Å². The molecule has 2 aliphatic rings. The molecule has 1 saturated carbocycles. The molecule has 0 aromatic heterocycles. The van der Waals surface area contributed by atoms with Gasteiger partial charge in [0, 0.05) is 12.8 Å². The third-order valence-electron chi connectivity index (χ3n) is 6.00. The Kier molecular flexibility index (Phi) is 4.28. The van der Waals surface area contributed by atoms with E-state index in [1.807, 2.05) is 0 Å². The number of quaternary nitrogens is 1. The van der Waals surface area contributed by atoms with Crippen molar-refractivity contribution in [2.75, 3.05) is 14.1 Å². The fourth-order valence-electron chi connectivity index (χ4n) is 4.12. The first kappa shape index (κ1) is 17.5. The molecule has 0 amide bonds. The molecule has 1 aromatic carbocycles. The smallest absolute Gasteiger partial charge is 0.243 e. The van der Waals surface area contributed by atoms with Gasteiger partial charge in [-0.25, -0.2) is 0 Å². The number of hydrogen-bond donors (Lipinski definition) is 0. The summed E-state index contributed by atoms with van der Waals surface area (Å²) in [4.78, 5) is 0. The minimum absolute atomic E-state index is 0.0251. The molecule has 1 aliphatic carbocycles. The van der Waals surface area contributed by atoms with Gasteiger partial charge in [-0.3, -0.25) is 4.48 Å². The van der Waals surface area contributed by atoms with Gasteiger partial charge >= 0.3 is 0 Å². The number of rotatable bonds is 0. The molecule has 0 N–H and O–H groups in total. The van der Waals surface area contributed by atoms with Crippen molar-refractivity contribution in [3.8, 4) is 5.75 Å². The van der Waals surface area contributed by atoms with Crippen LogP contribution in [0.5, 0.6) is 5.75 Å². The first-order chi connectivity index (χ1) is 10.5. The van der Waals surface area contributed by atoms with Crippen molar-refractivity contribution in [1.29, 1.82) is 0 Å². The minimum Gasteiger partial charge on any atom is -0.439 e. The third kappa shape index (κ3) is 3.04. The number of ether oxygens (including phenoxy) is 1. The van der Waals surface area contributed by atoms with Crippen LogP contribution in [0.1, 0.15) is 64.5 Å². The second-order valence-electron chi connectivity index (χ2n) is 9.27. The molecular formula is C20H31INO+. The molecule has 2 nitrogen and oxygen atoms in total. The SMILES string of the molecule is CC1CCC2(CC1)Oc1c(I)cc(C(C)(C)C)cc1C[N+]2(C)C. The Morgan fingerprint density at radius 1 is 1.17 bits per heavy atom. The molecule has 1 spiro atoms. The first-order valence-electron chi connectivity index (χ1n) is 8.89. The summed E-state index contributed by atoms with van der Waals surface area (Å²) in [6, 6.07) is 4.71. The molecular weight excluding hydrogens is 397 g/mol. The number of hydrogen-bond acceptors (Lipinski definition) is 1. The molecule has 1 aliphatic heterocycles. The highest BCUT2D eigenvalue weighted by Crippen LogP contribution is 2.48. The fourth-order valence-corrected chi connectivity index (χ4v) is 4.91. The maximum Gasteiger partial charge on any atom is 0.243 e. The Morgan fingerprint density at radius 2 is 1.78 bits per heavy atom. The lowest BCUT2D eigenvalue weighted by molar-refractivity contribution is -0.980. The normalized spacial score (nSPS) is 30.0. The highest BCUT2D eigenvalue weighted by molar-refractivity contribution is 14.1. The van der Waals surface area contributed by atoms with E-state index in [9.17, 15) is 0 Å². The molecule has 3 rings (SSSR count). The molecule has 0 bridgehead atoms. The summed E-state index contributed by atoms with van der Waals surface area (Å²) in [5, 5.41) is 0. The van der Waals surface area contributed by atoms with E-state index in [4.69, 9.17) is 4.74 Å². The Bertz CT molecular complexity index is 607. The Labute approximate surface area is 155 Å². The molecule has 0 radical (unpaired) electrons. The van der Waals surface area contributed by atoms with E-state index in [1.54, 1.807) is 0 Å². The highest BCUT2D eigenvalue weighted by Gasteiger charge is 2.53. The van der Waals surface area contributed by atoms with E-state index in [0.717, 1.165) is 22.7 Å². The molecule has 3 heteroatoms. The average Bonchev–Trinajstić information content (AvgIpc) is 2.42. The Morgan fingerprint density at radius 3 is 2.35 bits per heavy atom. The van der Waals surface area contributed by atoms with Crippen LogP contribution < -0.4 is 4.74 Å². The molecule has 0 atom stereocenters. The second-order valence-corrected chi connectivity index (χ2v) is 10.4. The number of benzene rings is 1. The minimum atomic E-state index is -0.0251. The van der Waals surface area contributed by atoms with Gasteiger partial charge in [0.25, 0.3) is 0 Å². The van der Waals surface area contributed by atoms with Gasteiger partial charge in [0.2, 0.25) is 5.72 Å². The molecule has 1 fully saturated rings. The number of fused-ring (bicyclic) bond motifs is 1. The topological polar surface area (TPSA) is 9.23 Å². The zero-order chi connectivity index (χ0) is 17.0. The predicted octanol–water partition coefficient (Wildman–Crippen LogP) is 5.46. The summed E-state index contributed by atoms with van der Waals surface area (Å²) in [6.45, 7) is 10.3. The van der Waals surface area contributed by atoms with Crippen LogP contribution in [-0.2, 0) is 12.0 Å². The predicted molar refractivity (Wildman–Crippen MR) is 105 cm³/mol. The van der Waals surface area contributed by atoms with Crippen molar-refractivity contribution in [2.24, 2.45) is 5.92 Å². The highest BCUT2D eigenvalue weighted by atomic mass is 127. The van der Waals surface area contributed by atoms with Gasteiger partial charge in [0.15, 0.2) is 0 Å². The number of nitrogens with zero attached hydrogens (tertiary/aromatic N) is 1. The molecule has 1 heterocycles. The molecule has 128 valence electrons. The maximum atomic E-state index is 6.79. The Hall–Kier alpha value is -0.290. The van der Waals surface area contributed by atoms with Crippen LogP contribution in [0.15, 0.2) is 12.1 Å². The molecule has 0 unspecified atom stereocenters. The van der Waals surface area contributed by atoms with Gasteiger partial charge in [-0.2, -0.15) is 0 Å². The van der Waals surface area contributed by atoms with Gasteiger partial charge < -0.3 is 4.74 Å². The quantitative estimate of drug-likeness (QED) is 0.394. The van der Waals surface area contributed by atoms with Crippen LogP contribution in [0.4, 0.5) is 0 Å². The molecule has 0 saturated heterocycles. The second kappa shape index (κ2) is 5.62. The Balaban J connectivity index is 2.03. The summed E-state index contributed by atoms with van der Waals surface area (Å²) >= 11 is 2.47. The summed E-state index contributed by atoms with van der Waals surface area (Å²) in [6.07, 6.45) is 4.93. The van der Waals surface area contributed by atoms with Gasteiger partial charge in [-0.1, -0.05) is 27.7 Å². The van der Waals surface area contributed by atoms with E-state index in [2.05, 4.69) is 76.5 Å². The van der Waals surface area contributed by atoms with Crippen molar-refractivity contribution >= 4 is 22.6 Å². The summed E-state index contributed by atoms with van der Waals surface area (Å²) in [7, 11) is 4.71. The lowest BCUT2D eigenvalue weighted by Gasteiger charge is -2.53. The standard InChI is InChI=1S/C20H31INO/c1-14-7-9-20(10-8-14)22(5,6)13-15-11-16(19(2,3)4)12-17(21)18(15)23-20/h11-12,14H,7-10,13H2,1-6H3/q+1. The fraction of sp³-hybridized carbons (Fsp3) is 0.700. The number of halogens is 1. The van der Waals surface area contributed by atoms with Crippen LogP contribution >= 0.6 is 22.6 Å². The maximum absolute atomic E-state index is 6.79. The third-order valence-corrected chi connectivity index (χ3v) is 6.80. The van der Waals surface area contributed by atoms with Crippen LogP contribution in [0.25, 0.3) is 0 Å². The summed E-state index contributed by atoms with van der Waals surface area (Å²) < 4.78 is 9.02. The van der Waals surface area contributed by atoms with Crippen molar-refractivity contribution in [3.05, 3.63) is 26.8 Å². The zero-order valence-electron chi connectivity index (χ0n) is 15.5. The lowest BCUT2D eigenvalue weighted by Crippen LogP contribution is -2.65. The lowest BCUT2D eigenvalue weighted by atomic mass is 9.81. The van der Waals surface area contributed by atoms with Crippen LogP contribution in [-0.4, -0.2) is 24.3 Å². The van der Waals surface area contributed by atoms with E-state index in [1.165, 1.54) is 40.4 Å². The van der Waals surface area contributed by atoms with Crippen molar-refractivity contribution in [2.45, 2.75) is 71.1 Å². The summed E-state index contributed by atoms with van der Waals surface area (Å²) in [5.41, 5.74) is 2.96. The van der Waals surface area contributed by atoms with Crippen molar-refractivity contribution in [1.82, 2.24) is 0 Å². The molecule has 23 heavy (non-hydrogen) atoms. The zero-order valence-corrected chi connectivity index (χ0v) is 17.7. The largest absolute Gasteiger partial charge is 0.439 e. The van der Waals surface area contributed by atoms with Crippen LogP contribution in [0.2, 0.25) is 0 Å². The van der Waals surface area contributed by atoms with Crippen LogP contribution in [0.3, 0.4) is 0 Å². The molecule has 1 aromatic rings. The van der Waals surface area contributed by atoms with Gasteiger partial charge in [-0.05, 0) is 64.5 Å². The summed E-state index contributed by atoms with van der Waals surface area (Å²) in [5.74, 6) is 2.00. The van der Waals surface area contributed by atoms with Crippen molar-refractivity contribution < 1.29 is 9.22 Å². The van der Waals surface area contributed by atoms with E-state index in [0.29, 0.717) is 0 Å². The first-order valence-corrected chi connectivity index (χ1v) is 9.97. The van der Waals surface area contributed by atoms with E-state index in [-0.39, 0.29) is 11.1 Å². The van der Waals surface area contributed by atoms with Gasteiger partial charge in [-0.15, -0.1) is 0 Å². The monoisotopic (exact) mass is 428 g/mol. The van der Waals surface area contributed by atoms with E-state index >= 15 is 0 Å². The van der Waals surface area contributed by atoms with Crippen molar-refractivity contribution in [3.63, 3.8) is 0 Å².